The fraction of sp³-hybridized carbons (Fsp3) is 0.833. The summed E-state index contributed by atoms with van der Waals surface area (Å²) in [5.74, 6) is 0.0608. The van der Waals surface area contributed by atoms with Crippen molar-refractivity contribution in [1.29, 1.82) is 0 Å². The first kappa shape index (κ1) is 19.2. The monoisotopic (exact) mass is 311 g/mol. The molecule has 22 heavy (non-hydrogen) atoms. The van der Waals surface area contributed by atoms with E-state index in [4.69, 9.17) is 4.84 Å². The van der Waals surface area contributed by atoms with Crippen molar-refractivity contribution >= 4 is 5.91 Å². The molecule has 0 aromatic rings. The molecule has 0 radical (unpaired) electrons. The predicted octanol–water partition coefficient (Wildman–Crippen LogP) is 3.99. The van der Waals surface area contributed by atoms with Crippen LogP contribution >= 0.6 is 0 Å². The molecular weight excluding hydrogens is 278 g/mol. The van der Waals surface area contributed by atoms with Gasteiger partial charge in [-0.05, 0) is 19.3 Å². The first-order valence-electron chi connectivity index (χ1n) is 9.00. The van der Waals surface area contributed by atoms with Crippen LogP contribution in [-0.2, 0) is 9.63 Å². The molecule has 0 bridgehead atoms. The van der Waals surface area contributed by atoms with Gasteiger partial charge in [-0.25, -0.2) is 5.06 Å². The number of amides is 1. The second-order valence-electron chi connectivity index (χ2n) is 6.17. The van der Waals surface area contributed by atoms with Crippen molar-refractivity contribution in [1.82, 2.24) is 5.06 Å². The van der Waals surface area contributed by atoms with Gasteiger partial charge in [0, 0.05) is 6.42 Å². The maximum absolute atomic E-state index is 11.9. The zero-order valence-electron chi connectivity index (χ0n) is 14.3. The molecule has 1 N–H and O–H groups in total. The lowest BCUT2D eigenvalue weighted by atomic mass is 10.1. The Bertz CT molecular complexity index is 330. The first-order valence-corrected chi connectivity index (χ1v) is 9.00. The summed E-state index contributed by atoms with van der Waals surface area (Å²) in [4.78, 5) is 17.5. The van der Waals surface area contributed by atoms with Gasteiger partial charge in [0.2, 0.25) is 5.91 Å². The van der Waals surface area contributed by atoms with E-state index < -0.39 is 6.10 Å². The number of rotatable bonds is 12. The molecule has 0 aromatic carbocycles. The summed E-state index contributed by atoms with van der Waals surface area (Å²) in [6.45, 7) is 4.94. The number of hydrogen-bond donors (Lipinski definition) is 1. The summed E-state index contributed by atoms with van der Waals surface area (Å²) in [6.07, 6.45) is 13.4. The lowest BCUT2D eigenvalue weighted by Gasteiger charge is -2.21. The van der Waals surface area contributed by atoms with Crippen LogP contribution in [0.3, 0.4) is 0 Å². The summed E-state index contributed by atoms with van der Waals surface area (Å²) in [6, 6.07) is -0.0144. The van der Waals surface area contributed by atoms with Crippen molar-refractivity contribution in [2.24, 2.45) is 0 Å². The Morgan fingerprint density at radius 1 is 1.23 bits per heavy atom. The molecule has 128 valence electrons. The van der Waals surface area contributed by atoms with Gasteiger partial charge in [0.15, 0.2) is 0 Å². The Balaban J connectivity index is 2.32. The molecule has 1 amide bonds. The van der Waals surface area contributed by atoms with Gasteiger partial charge < -0.3 is 5.11 Å². The minimum atomic E-state index is -0.409. The number of hydroxylamine groups is 2. The van der Waals surface area contributed by atoms with E-state index in [1.165, 1.54) is 17.9 Å². The summed E-state index contributed by atoms with van der Waals surface area (Å²) >= 11 is 0. The largest absolute Gasteiger partial charge is 0.389 e. The Morgan fingerprint density at radius 2 is 1.95 bits per heavy atom. The second-order valence-corrected chi connectivity index (χ2v) is 6.17. The fourth-order valence-electron chi connectivity index (χ4n) is 2.67. The molecule has 2 atom stereocenters. The van der Waals surface area contributed by atoms with Crippen molar-refractivity contribution < 1.29 is 14.7 Å². The Morgan fingerprint density at radius 3 is 2.68 bits per heavy atom. The molecule has 1 heterocycles. The SMILES string of the molecule is CCCCCCON1C(=O)CCC1/C=C/[C@@H](O)CCCCC. The maximum atomic E-state index is 11.9. The molecule has 1 aliphatic heterocycles. The summed E-state index contributed by atoms with van der Waals surface area (Å²) in [5, 5.41) is 11.4. The highest BCUT2D eigenvalue weighted by Gasteiger charge is 2.30. The molecule has 1 saturated heterocycles. The molecule has 0 spiro atoms. The van der Waals surface area contributed by atoms with Gasteiger partial charge in [-0.1, -0.05) is 64.5 Å². The molecule has 0 aliphatic carbocycles. The smallest absolute Gasteiger partial charge is 0.246 e. The van der Waals surface area contributed by atoms with Gasteiger partial charge in [0.05, 0.1) is 18.8 Å². The van der Waals surface area contributed by atoms with E-state index in [-0.39, 0.29) is 11.9 Å². The van der Waals surface area contributed by atoms with E-state index in [9.17, 15) is 9.90 Å². The van der Waals surface area contributed by atoms with Crippen LogP contribution in [0.4, 0.5) is 0 Å². The highest BCUT2D eigenvalue weighted by Crippen LogP contribution is 2.21. The Kier molecular flexibility index (Phi) is 10.2. The molecule has 1 rings (SSSR count). The van der Waals surface area contributed by atoms with Crippen molar-refractivity contribution in [3.8, 4) is 0 Å². The average molecular weight is 311 g/mol. The van der Waals surface area contributed by atoms with Crippen LogP contribution in [0.2, 0.25) is 0 Å². The highest BCUT2D eigenvalue weighted by molar-refractivity contribution is 5.78. The third kappa shape index (κ3) is 7.41. The number of carbonyl (C=O) groups is 1. The van der Waals surface area contributed by atoms with E-state index in [0.717, 1.165) is 44.9 Å². The Labute approximate surface area is 135 Å². The number of unbranched alkanes of at least 4 members (excludes halogenated alkanes) is 5. The molecule has 1 unspecified atom stereocenters. The third-order valence-electron chi connectivity index (χ3n) is 4.09. The predicted molar refractivity (Wildman–Crippen MR) is 89.3 cm³/mol. The first-order chi connectivity index (χ1) is 10.7. The zero-order chi connectivity index (χ0) is 16.2. The number of hydrogen-bond acceptors (Lipinski definition) is 3. The van der Waals surface area contributed by atoms with Gasteiger partial charge in [-0.15, -0.1) is 0 Å². The normalized spacial score (nSPS) is 20.2. The van der Waals surface area contributed by atoms with E-state index in [1.54, 1.807) is 0 Å². The van der Waals surface area contributed by atoms with Gasteiger partial charge in [0.25, 0.3) is 0 Å². The van der Waals surface area contributed by atoms with Crippen LogP contribution in [0.1, 0.15) is 78.1 Å². The summed E-state index contributed by atoms with van der Waals surface area (Å²) < 4.78 is 0. The van der Waals surface area contributed by atoms with Gasteiger partial charge >= 0.3 is 0 Å². The van der Waals surface area contributed by atoms with Crippen molar-refractivity contribution in [2.75, 3.05) is 6.61 Å². The van der Waals surface area contributed by atoms with E-state index >= 15 is 0 Å². The van der Waals surface area contributed by atoms with E-state index in [2.05, 4.69) is 13.8 Å². The minimum Gasteiger partial charge on any atom is -0.389 e. The third-order valence-corrected chi connectivity index (χ3v) is 4.09. The Hall–Kier alpha value is -0.870. The zero-order valence-corrected chi connectivity index (χ0v) is 14.3. The van der Waals surface area contributed by atoms with Crippen molar-refractivity contribution in [2.45, 2.75) is 90.2 Å². The van der Waals surface area contributed by atoms with Crippen LogP contribution in [0.5, 0.6) is 0 Å². The molecule has 0 saturated carbocycles. The van der Waals surface area contributed by atoms with E-state index in [1.807, 2.05) is 12.2 Å². The molecule has 1 fully saturated rings. The minimum absolute atomic E-state index is 0.0144. The lowest BCUT2D eigenvalue weighted by molar-refractivity contribution is -0.185. The van der Waals surface area contributed by atoms with Crippen molar-refractivity contribution in [3.05, 3.63) is 12.2 Å². The number of nitrogens with zero attached hydrogens (tertiary/aromatic N) is 1. The van der Waals surface area contributed by atoms with Crippen LogP contribution in [0.25, 0.3) is 0 Å². The lowest BCUT2D eigenvalue weighted by Crippen LogP contribution is -2.32. The fourth-order valence-corrected chi connectivity index (χ4v) is 2.67. The maximum Gasteiger partial charge on any atom is 0.246 e. The molecule has 0 aromatic heterocycles. The van der Waals surface area contributed by atoms with Crippen LogP contribution < -0.4 is 0 Å². The molecule has 4 nitrogen and oxygen atoms in total. The number of aliphatic hydroxyl groups excluding tert-OH is 1. The van der Waals surface area contributed by atoms with Crippen molar-refractivity contribution in [3.63, 3.8) is 0 Å². The highest BCUT2D eigenvalue weighted by atomic mass is 16.7. The molecule has 1 aliphatic rings. The van der Waals surface area contributed by atoms with E-state index in [0.29, 0.717) is 13.0 Å². The second kappa shape index (κ2) is 11.7. The standard InChI is InChI=1S/C18H33NO3/c1-3-5-7-9-15-22-19-16(12-14-18(19)21)11-13-17(20)10-8-6-4-2/h11,13,16-17,20H,3-10,12,14-15H2,1-2H3/b13-11+/t16?,17-/m0/s1. The summed E-state index contributed by atoms with van der Waals surface area (Å²) in [7, 11) is 0. The van der Waals surface area contributed by atoms with Gasteiger partial charge in [0.1, 0.15) is 0 Å². The number of carbonyl (C=O) groups excluding carboxylic acids is 1. The topological polar surface area (TPSA) is 49.8 Å². The van der Waals surface area contributed by atoms with Crippen LogP contribution in [-0.4, -0.2) is 34.8 Å². The average Bonchev–Trinajstić information content (AvgIpc) is 2.86. The summed E-state index contributed by atoms with van der Waals surface area (Å²) in [5.41, 5.74) is 0. The number of aliphatic hydroxyl groups is 1. The quantitative estimate of drug-likeness (QED) is 0.438. The van der Waals surface area contributed by atoms with Gasteiger partial charge in [-0.2, -0.15) is 0 Å². The molecular formula is C18H33NO3. The van der Waals surface area contributed by atoms with Gasteiger partial charge in [-0.3, -0.25) is 9.63 Å². The van der Waals surface area contributed by atoms with Crippen LogP contribution in [0.15, 0.2) is 12.2 Å². The van der Waals surface area contributed by atoms with Crippen LogP contribution in [0, 0.1) is 0 Å². The molecule has 4 heteroatoms.